The summed E-state index contributed by atoms with van der Waals surface area (Å²) in [6.45, 7) is 0.121. The molecule has 0 fully saturated rings. The van der Waals surface area contributed by atoms with Crippen LogP contribution >= 0.6 is 0 Å². The van der Waals surface area contributed by atoms with Crippen LogP contribution in [0.4, 0.5) is 9.18 Å². The van der Waals surface area contributed by atoms with E-state index in [0.717, 1.165) is 0 Å². The molecule has 0 aromatic heterocycles. The average Bonchev–Trinajstić information content (AvgIpc) is 2.39. The molecule has 1 atom stereocenters. The topological polar surface area (TPSA) is 122 Å². The number of hydrogen-bond donors (Lipinski definition) is 4. The molecule has 0 saturated carbocycles. The van der Waals surface area contributed by atoms with Crippen molar-refractivity contribution in [3.05, 3.63) is 35.6 Å². The van der Waals surface area contributed by atoms with Crippen molar-refractivity contribution < 1.29 is 23.9 Å². The van der Waals surface area contributed by atoms with Gasteiger partial charge in [0.15, 0.2) is 0 Å². The first kappa shape index (κ1) is 16.4. The molecule has 1 rings (SSSR count). The Morgan fingerprint density at radius 2 is 1.95 bits per heavy atom. The second-order valence-electron chi connectivity index (χ2n) is 4.30. The molecule has 1 aromatic carbocycles. The Labute approximate surface area is 120 Å². The number of rotatable bonds is 7. The maximum absolute atomic E-state index is 13.3. The van der Waals surface area contributed by atoms with Crippen LogP contribution in [0.15, 0.2) is 24.3 Å². The highest BCUT2D eigenvalue weighted by Gasteiger charge is 2.21. The smallest absolute Gasteiger partial charge is 0.326 e. The van der Waals surface area contributed by atoms with Gasteiger partial charge in [-0.15, -0.1) is 0 Å². The molecule has 0 radical (unpaired) electrons. The van der Waals surface area contributed by atoms with Crippen LogP contribution in [-0.4, -0.2) is 35.6 Å². The normalized spacial score (nSPS) is 11.5. The number of aliphatic carboxylic acids is 1. The van der Waals surface area contributed by atoms with Gasteiger partial charge in [-0.3, -0.25) is 4.79 Å². The Balaban J connectivity index is 2.41. The predicted octanol–water partition coefficient (Wildman–Crippen LogP) is -0.00400. The number of carboxylic acid groups (broad SMARTS) is 1. The number of primary amides is 1. The molecule has 0 heterocycles. The van der Waals surface area contributed by atoms with Gasteiger partial charge in [0.25, 0.3) is 0 Å². The zero-order valence-corrected chi connectivity index (χ0v) is 11.1. The molecule has 21 heavy (non-hydrogen) atoms. The number of benzene rings is 1. The summed E-state index contributed by atoms with van der Waals surface area (Å²) >= 11 is 0. The first-order valence-electron chi connectivity index (χ1n) is 6.19. The van der Waals surface area contributed by atoms with Gasteiger partial charge >= 0.3 is 12.0 Å². The van der Waals surface area contributed by atoms with E-state index in [-0.39, 0.29) is 18.8 Å². The van der Waals surface area contributed by atoms with Crippen LogP contribution in [-0.2, 0) is 16.0 Å². The van der Waals surface area contributed by atoms with E-state index in [1.807, 2.05) is 0 Å². The summed E-state index contributed by atoms with van der Waals surface area (Å²) in [5.74, 6) is -2.58. The van der Waals surface area contributed by atoms with Gasteiger partial charge in [-0.05, 0) is 18.1 Å². The van der Waals surface area contributed by atoms with E-state index in [1.165, 1.54) is 6.07 Å². The summed E-state index contributed by atoms with van der Waals surface area (Å²) in [5.41, 5.74) is 5.32. The van der Waals surface area contributed by atoms with E-state index in [2.05, 4.69) is 10.6 Å². The Morgan fingerprint density at radius 1 is 1.29 bits per heavy atom. The number of urea groups is 1. The third kappa shape index (κ3) is 5.89. The zero-order chi connectivity index (χ0) is 15.8. The van der Waals surface area contributed by atoms with Gasteiger partial charge in [0.05, 0.1) is 6.42 Å². The largest absolute Gasteiger partial charge is 0.480 e. The molecule has 0 aliphatic carbocycles. The second-order valence-corrected chi connectivity index (χ2v) is 4.30. The predicted molar refractivity (Wildman–Crippen MR) is 71.9 cm³/mol. The van der Waals surface area contributed by atoms with Gasteiger partial charge in [-0.1, -0.05) is 18.2 Å². The fraction of sp³-hybridized carbons (Fsp3) is 0.308. The van der Waals surface area contributed by atoms with E-state index in [0.29, 0.717) is 5.56 Å². The fourth-order valence-electron chi connectivity index (χ4n) is 1.62. The molecule has 0 saturated heterocycles. The molecule has 3 amide bonds. The molecule has 5 N–H and O–H groups in total. The molecule has 1 aromatic rings. The van der Waals surface area contributed by atoms with Gasteiger partial charge < -0.3 is 21.5 Å². The summed E-state index contributed by atoms with van der Waals surface area (Å²) in [6, 6.07) is 3.97. The number of nitrogens with two attached hydrogens (primary N) is 1. The maximum Gasteiger partial charge on any atom is 0.326 e. The van der Waals surface area contributed by atoms with Crippen molar-refractivity contribution >= 4 is 17.9 Å². The first-order valence-corrected chi connectivity index (χ1v) is 6.19. The summed E-state index contributed by atoms with van der Waals surface area (Å²) in [4.78, 5) is 33.0. The number of carbonyl (C=O) groups excluding carboxylic acids is 2. The summed E-state index contributed by atoms with van der Waals surface area (Å²) in [5, 5.41) is 13.3. The van der Waals surface area contributed by atoms with E-state index in [9.17, 15) is 18.8 Å². The molecule has 7 nitrogen and oxygen atoms in total. The highest BCUT2D eigenvalue weighted by Crippen LogP contribution is 2.06. The maximum atomic E-state index is 13.3. The number of halogens is 1. The molecule has 8 heteroatoms. The van der Waals surface area contributed by atoms with E-state index in [4.69, 9.17) is 10.8 Å². The number of carbonyl (C=O) groups is 3. The van der Waals surface area contributed by atoms with Crippen LogP contribution in [0.25, 0.3) is 0 Å². The van der Waals surface area contributed by atoms with Crippen LogP contribution in [0, 0.1) is 5.82 Å². The minimum absolute atomic E-state index is 0.121. The van der Waals surface area contributed by atoms with Crippen molar-refractivity contribution in [1.82, 2.24) is 10.6 Å². The molecule has 0 spiro atoms. The Hall–Kier alpha value is -2.64. The minimum Gasteiger partial charge on any atom is -0.480 e. The van der Waals surface area contributed by atoms with Gasteiger partial charge in [-0.2, -0.15) is 0 Å². The SMILES string of the molecule is NC(=O)C[C@H](NC(=O)NCCc1ccccc1F)C(=O)O. The monoisotopic (exact) mass is 297 g/mol. The third-order valence-corrected chi connectivity index (χ3v) is 2.65. The first-order chi connectivity index (χ1) is 9.90. The van der Waals surface area contributed by atoms with E-state index < -0.39 is 30.4 Å². The summed E-state index contributed by atoms with van der Waals surface area (Å²) in [7, 11) is 0. The van der Waals surface area contributed by atoms with Crippen LogP contribution in [0.3, 0.4) is 0 Å². The highest BCUT2D eigenvalue weighted by atomic mass is 19.1. The molecule has 0 aliphatic heterocycles. The van der Waals surface area contributed by atoms with Crippen molar-refractivity contribution in [2.45, 2.75) is 18.9 Å². The Morgan fingerprint density at radius 3 is 2.52 bits per heavy atom. The fourth-order valence-corrected chi connectivity index (χ4v) is 1.62. The lowest BCUT2D eigenvalue weighted by molar-refractivity contribution is -0.140. The van der Waals surface area contributed by atoms with E-state index in [1.54, 1.807) is 18.2 Å². The van der Waals surface area contributed by atoms with Crippen molar-refractivity contribution in [1.29, 1.82) is 0 Å². The molecule has 114 valence electrons. The minimum atomic E-state index is -1.39. The average molecular weight is 297 g/mol. The quantitative estimate of drug-likeness (QED) is 0.565. The van der Waals surface area contributed by atoms with Crippen molar-refractivity contribution in [2.75, 3.05) is 6.54 Å². The van der Waals surface area contributed by atoms with Crippen LogP contribution < -0.4 is 16.4 Å². The molecule has 0 bridgehead atoms. The lowest BCUT2D eigenvalue weighted by atomic mass is 10.1. The number of hydrogen-bond acceptors (Lipinski definition) is 3. The number of nitrogens with one attached hydrogen (secondary N) is 2. The van der Waals surface area contributed by atoms with Gasteiger partial charge in [0, 0.05) is 6.54 Å². The lowest BCUT2D eigenvalue weighted by Crippen LogP contribution is -2.48. The van der Waals surface area contributed by atoms with Crippen LogP contribution in [0.1, 0.15) is 12.0 Å². The van der Waals surface area contributed by atoms with Crippen LogP contribution in [0.5, 0.6) is 0 Å². The van der Waals surface area contributed by atoms with Crippen LogP contribution in [0.2, 0.25) is 0 Å². The van der Waals surface area contributed by atoms with Gasteiger partial charge in [0.2, 0.25) is 5.91 Å². The molecule has 0 unspecified atom stereocenters. The van der Waals surface area contributed by atoms with Crippen molar-refractivity contribution in [2.24, 2.45) is 5.73 Å². The molecule has 0 aliphatic rings. The summed E-state index contributed by atoms with van der Waals surface area (Å²) in [6.07, 6.45) is -0.246. The summed E-state index contributed by atoms with van der Waals surface area (Å²) < 4.78 is 13.3. The van der Waals surface area contributed by atoms with Gasteiger partial charge in [-0.25, -0.2) is 14.0 Å². The zero-order valence-electron chi connectivity index (χ0n) is 11.1. The number of amides is 3. The van der Waals surface area contributed by atoms with Gasteiger partial charge in [0.1, 0.15) is 11.9 Å². The Kier molecular flexibility index (Phi) is 6.12. The second kappa shape index (κ2) is 7.83. The van der Waals surface area contributed by atoms with Crippen molar-refractivity contribution in [3.8, 4) is 0 Å². The Bertz CT molecular complexity index is 536. The molecular weight excluding hydrogens is 281 g/mol. The highest BCUT2D eigenvalue weighted by molar-refractivity contribution is 5.87. The third-order valence-electron chi connectivity index (χ3n) is 2.65. The lowest BCUT2D eigenvalue weighted by Gasteiger charge is -2.13. The van der Waals surface area contributed by atoms with Crippen molar-refractivity contribution in [3.63, 3.8) is 0 Å². The number of carboxylic acids is 1. The standard InChI is InChI=1S/C13H16FN3O4/c14-9-4-2-1-3-8(9)5-6-16-13(21)17-10(12(19)20)7-11(15)18/h1-4,10H,5-7H2,(H2,15,18)(H,19,20)(H2,16,17,21)/t10-/m0/s1. The molecular formula is C13H16FN3O4. The van der Waals surface area contributed by atoms with E-state index >= 15 is 0 Å².